The molecule has 0 saturated heterocycles. The molecule has 1 aliphatic rings. The van der Waals surface area contributed by atoms with Gasteiger partial charge in [0.15, 0.2) is 0 Å². The first-order chi connectivity index (χ1) is 27.9. The zero-order valence-electron chi connectivity index (χ0n) is 34.8. The van der Waals surface area contributed by atoms with Crippen molar-refractivity contribution in [3.05, 3.63) is 89.5 Å². The largest absolute Gasteiger partial charge is 0.449 e. The van der Waals surface area contributed by atoms with Crippen LogP contribution in [0.5, 0.6) is 0 Å². The highest BCUT2D eigenvalue weighted by atomic mass is 16.6. The Morgan fingerprint density at radius 2 is 1.34 bits per heavy atom. The van der Waals surface area contributed by atoms with Gasteiger partial charge in [-0.15, -0.1) is 0 Å². The van der Waals surface area contributed by atoms with Crippen LogP contribution in [0, 0.1) is 5.92 Å². The molecule has 0 aromatic heterocycles. The number of carbonyl (C=O) groups is 6. The third-order valence-corrected chi connectivity index (χ3v) is 9.54. The number of anilines is 1. The summed E-state index contributed by atoms with van der Waals surface area (Å²) in [6, 6.07) is 19.8. The lowest BCUT2D eigenvalue weighted by molar-refractivity contribution is -0.128. The molecule has 0 bridgehead atoms. The van der Waals surface area contributed by atoms with Gasteiger partial charge in [-0.1, -0.05) is 74.5 Å². The summed E-state index contributed by atoms with van der Waals surface area (Å²) in [7, 11) is 3.14. The Morgan fingerprint density at radius 3 is 1.90 bits per heavy atom. The lowest BCUT2D eigenvalue weighted by Gasteiger charge is -2.26. The van der Waals surface area contributed by atoms with E-state index in [0.29, 0.717) is 17.7 Å². The Labute approximate surface area is 345 Å². The molecule has 0 fully saturated rings. The average Bonchev–Trinajstić information content (AvgIpc) is 3.51. The number of primary amides is 1. The maximum atomic E-state index is 13.7. The molecule has 3 aromatic rings. The number of ether oxygens (including phenoxy) is 3. The number of nitrogens with one attached hydrogen (secondary N) is 4. The fraction of sp³-hybridized carbons (Fsp3) is 0.442. The predicted molar refractivity (Wildman–Crippen MR) is 222 cm³/mol. The van der Waals surface area contributed by atoms with Crippen LogP contribution in [0.4, 0.5) is 24.9 Å². The zero-order valence-corrected chi connectivity index (χ0v) is 34.8. The SMILES string of the molecule is CC(C)C(NC(=O)OCC1c2ccccc2-c2ccccc21)C(=O)NC(CCCNC(N)=O)C(=O)Nc1ccc(COC(=O)N(C)CCN(C)C(=O)OC(C)(C)C)cc1. The molecule has 16 heteroatoms. The first-order valence-electron chi connectivity index (χ1n) is 19.6. The number of rotatable bonds is 17. The highest BCUT2D eigenvalue weighted by Gasteiger charge is 2.32. The van der Waals surface area contributed by atoms with Gasteiger partial charge in [-0.3, -0.25) is 9.59 Å². The average molecular weight is 816 g/mol. The van der Waals surface area contributed by atoms with E-state index in [1.807, 2.05) is 48.5 Å². The van der Waals surface area contributed by atoms with Gasteiger partial charge in [-0.25, -0.2) is 19.2 Å². The fourth-order valence-electron chi connectivity index (χ4n) is 6.34. The second-order valence-corrected chi connectivity index (χ2v) is 15.8. The summed E-state index contributed by atoms with van der Waals surface area (Å²) in [4.78, 5) is 79.1. The second kappa shape index (κ2) is 20.9. The van der Waals surface area contributed by atoms with E-state index in [9.17, 15) is 28.8 Å². The molecule has 6 N–H and O–H groups in total. The van der Waals surface area contributed by atoms with Crippen LogP contribution in [-0.2, 0) is 30.4 Å². The molecular weight excluding hydrogens is 759 g/mol. The van der Waals surface area contributed by atoms with Gasteiger partial charge in [0.1, 0.15) is 30.9 Å². The molecule has 7 amide bonds. The van der Waals surface area contributed by atoms with Gasteiger partial charge in [-0.2, -0.15) is 0 Å². The van der Waals surface area contributed by atoms with Crippen LogP contribution in [0.1, 0.15) is 70.1 Å². The van der Waals surface area contributed by atoms with Crippen LogP contribution in [0.15, 0.2) is 72.8 Å². The molecule has 3 aromatic carbocycles. The molecule has 2 atom stereocenters. The number of hydrogen-bond donors (Lipinski definition) is 5. The molecule has 4 rings (SSSR count). The zero-order chi connectivity index (χ0) is 43.3. The summed E-state index contributed by atoms with van der Waals surface area (Å²) >= 11 is 0. The van der Waals surface area contributed by atoms with E-state index in [-0.39, 0.29) is 51.1 Å². The van der Waals surface area contributed by atoms with Crippen molar-refractivity contribution >= 4 is 41.8 Å². The highest BCUT2D eigenvalue weighted by Crippen LogP contribution is 2.44. The van der Waals surface area contributed by atoms with E-state index in [0.717, 1.165) is 22.3 Å². The number of nitrogens with two attached hydrogens (primary N) is 1. The maximum Gasteiger partial charge on any atom is 0.410 e. The Bertz CT molecular complexity index is 1900. The number of benzene rings is 3. The van der Waals surface area contributed by atoms with Gasteiger partial charge >= 0.3 is 24.3 Å². The molecule has 0 spiro atoms. The summed E-state index contributed by atoms with van der Waals surface area (Å²) in [5.74, 6) is -1.65. The van der Waals surface area contributed by atoms with Crippen LogP contribution in [0.2, 0.25) is 0 Å². The van der Waals surface area contributed by atoms with Crippen molar-refractivity contribution in [1.29, 1.82) is 0 Å². The Morgan fingerprint density at radius 1 is 0.763 bits per heavy atom. The molecule has 2 unspecified atom stereocenters. The van der Waals surface area contributed by atoms with Gasteiger partial charge in [0.05, 0.1) is 0 Å². The summed E-state index contributed by atoms with van der Waals surface area (Å²) in [6.45, 7) is 9.51. The summed E-state index contributed by atoms with van der Waals surface area (Å²) in [5, 5.41) is 10.7. The first kappa shape index (κ1) is 45.4. The molecule has 1 aliphatic carbocycles. The number of urea groups is 1. The maximum absolute atomic E-state index is 13.7. The highest BCUT2D eigenvalue weighted by molar-refractivity contribution is 5.98. The van der Waals surface area contributed by atoms with Gasteiger partial charge in [-0.05, 0) is 79.5 Å². The minimum atomic E-state index is -1.05. The van der Waals surface area contributed by atoms with E-state index in [1.54, 1.807) is 73.0 Å². The van der Waals surface area contributed by atoms with E-state index < -0.39 is 53.8 Å². The third kappa shape index (κ3) is 13.6. The second-order valence-electron chi connectivity index (χ2n) is 15.8. The molecule has 16 nitrogen and oxygen atoms in total. The molecule has 318 valence electrons. The number of nitrogens with zero attached hydrogens (tertiary/aromatic N) is 2. The van der Waals surface area contributed by atoms with E-state index in [2.05, 4.69) is 21.3 Å². The van der Waals surface area contributed by atoms with Crippen molar-refractivity contribution < 1.29 is 43.0 Å². The molecule has 0 radical (unpaired) electrons. The van der Waals surface area contributed by atoms with Gasteiger partial charge in [0.25, 0.3) is 0 Å². The molecule has 59 heavy (non-hydrogen) atoms. The molecule has 0 heterocycles. The van der Waals surface area contributed by atoms with Crippen molar-refractivity contribution in [2.24, 2.45) is 11.7 Å². The standard InChI is InChI=1S/C43H57N7O9/c1-27(2)36(48-40(54)57-26-34-32-15-10-8-13-30(32)31-14-9-11-16-33(31)34)38(52)47-35(17-12-22-45-39(44)53)37(51)46-29-20-18-28(19-21-29)25-58-41(55)49(6)23-24-50(7)42(56)59-43(3,4)5/h8-11,13-16,18-21,27,34-36H,12,17,22-26H2,1-7H3,(H,46,51)(H,47,52)(H,48,54)(H3,44,45,53). The third-order valence-electron chi connectivity index (χ3n) is 9.54. The summed E-state index contributed by atoms with van der Waals surface area (Å²) < 4.78 is 16.4. The van der Waals surface area contributed by atoms with Crippen molar-refractivity contribution in [3.8, 4) is 11.1 Å². The number of amides is 7. The van der Waals surface area contributed by atoms with Crippen LogP contribution >= 0.6 is 0 Å². The number of fused-ring (bicyclic) bond motifs is 3. The Hall–Kier alpha value is -6.32. The topological polar surface area (TPSA) is 211 Å². The van der Waals surface area contributed by atoms with Crippen molar-refractivity contribution in [2.45, 2.75) is 77.7 Å². The fourth-order valence-corrected chi connectivity index (χ4v) is 6.34. The normalized spacial score (nSPS) is 12.9. The lowest BCUT2D eigenvalue weighted by Crippen LogP contribution is -2.54. The minimum absolute atomic E-state index is 0.0435. The van der Waals surface area contributed by atoms with Crippen molar-refractivity contribution in [3.63, 3.8) is 0 Å². The Kier molecular flexibility index (Phi) is 16.1. The van der Waals surface area contributed by atoms with Crippen LogP contribution in [0.25, 0.3) is 11.1 Å². The van der Waals surface area contributed by atoms with E-state index >= 15 is 0 Å². The quantitative estimate of drug-likeness (QED) is 0.0852. The number of likely N-dealkylation sites (N-methyl/N-ethyl adjacent to an activating group) is 2. The van der Waals surface area contributed by atoms with Gasteiger partial charge in [0.2, 0.25) is 11.8 Å². The minimum Gasteiger partial charge on any atom is -0.449 e. The van der Waals surface area contributed by atoms with E-state index in [1.165, 1.54) is 9.80 Å². The summed E-state index contributed by atoms with van der Waals surface area (Å²) in [5.41, 5.74) is 9.92. The monoisotopic (exact) mass is 815 g/mol. The molecule has 0 aliphatic heterocycles. The van der Waals surface area contributed by atoms with Crippen molar-refractivity contribution in [1.82, 2.24) is 25.8 Å². The van der Waals surface area contributed by atoms with E-state index in [4.69, 9.17) is 19.9 Å². The smallest absolute Gasteiger partial charge is 0.410 e. The van der Waals surface area contributed by atoms with Crippen LogP contribution in [-0.4, -0.2) is 104 Å². The summed E-state index contributed by atoms with van der Waals surface area (Å²) in [6.07, 6.45) is -1.40. The van der Waals surface area contributed by atoms with Crippen molar-refractivity contribution in [2.75, 3.05) is 45.7 Å². The molecular formula is C43H57N7O9. The first-order valence-corrected chi connectivity index (χ1v) is 19.6. The van der Waals surface area contributed by atoms with Gasteiger partial charge < -0.3 is 51.0 Å². The number of carbonyl (C=O) groups excluding carboxylic acids is 6. The lowest BCUT2D eigenvalue weighted by atomic mass is 9.98. The van der Waals surface area contributed by atoms with Crippen LogP contribution < -0.4 is 27.0 Å². The number of hydrogen-bond acceptors (Lipinski definition) is 9. The number of alkyl carbamates (subject to hydrolysis) is 1. The predicted octanol–water partition coefficient (Wildman–Crippen LogP) is 5.56. The molecule has 0 saturated carbocycles. The van der Waals surface area contributed by atoms with Crippen LogP contribution in [0.3, 0.4) is 0 Å². The Balaban J connectivity index is 1.31. The van der Waals surface area contributed by atoms with Gasteiger partial charge in [0, 0.05) is 45.3 Å².